The molecule has 0 heterocycles. The van der Waals surface area contributed by atoms with E-state index in [-0.39, 0.29) is 6.61 Å². The molecule has 0 aromatic carbocycles. The summed E-state index contributed by atoms with van der Waals surface area (Å²) in [7, 11) is 1.84. The maximum Gasteiger partial charge on any atom is 0.318 e. The van der Waals surface area contributed by atoms with Crippen molar-refractivity contribution in [2.45, 2.75) is 13.8 Å². The Bertz CT molecular complexity index is 155. The molecule has 0 fully saturated rings. The summed E-state index contributed by atoms with van der Waals surface area (Å²) in [6.45, 7) is 3.38. The van der Waals surface area contributed by atoms with Gasteiger partial charge in [0, 0.05) is 9.47 Å². The van der Waals surface area contributed by atoms with Gasteiger partial charge in [-0.2, -0.15) is 0 Å². The minimum absolute atomic E-state index is 0.262. The fourth-order valence-corrected chi connectivity index (χ4v) is 0.637. The smallest absolute Gasteiger partial charge is 0.318 e. The van der Waals surface area contributed by atoms with E-state index in [2.05, 4.69) is 9.36 Å². The summed E-state index contributed by atoms with van der Waals surface area (Å²) in [5.41, 5.74) is 2.01. The number of hydrogen-bond acceptors (Lipinski definition) is 4. The zero-order chi connectivity index (χ0) is 9.56. The number of ether oxygens (including phenoxy) is 1. The molecule has 1 amide bonds. The summed E-state index contributed by atoms with van der Waals surface area (Å²) >= 11 is 0. The van der Waals surface area contributed by atoms with Crippen LogP contribution in [0.15, 0.2) is 0 Å². The Labute approximate surface area is 73.0 Å². The first-order chi connectivity index (χ1) is 5.63. The van der Waals surface area contributed by atoms with Crippen molar-refractivity contribution < 1.29 is 19.0 Å². The number of nitrogens with one attached hydrogen (secondary N) is 1. The third kappa shape index (κ3) is 3.64. The number of carbonyl (C=O) groups excluding carboxylic acids is 2. The molecule has 0 aliphatic carbocycles. The minimum atomic E-state index is -0.842. The van der Waals surface area contributed by atoms with E-state index in [1.54, 1.807) is 6.92 Å². The quantitative estimate of drug-likeness (QED) is 0.296. The van der Waals surface area contributed by atoms with E-state index in [1.165, 1.54) is 6.92 Å². The maximum absolute atomic E-state index is 10.9. The molecule has 0 saturated carbocycles. The van der Waals surface area contributed by atoms with Crippen LogP contribution >= 0.6 is 9.47 Å². The lowest BCUT2D eigenvalue weighted by molar-refractivity contribution is -0.153. The van der Waals surface area contributed by atoms with Gasteiger partial charge in [0.05, 0.1) is 6.61 Å². The lowest BCUT2D eigenvalue weighted by Gasteiger charge is -2.08. The van der Waals surface area contributed by atoms with Gasteiger partial charge in [-0.3, -0.25) is 14.2 Å². The van der Waals surface area contributed by atoms with Gasteiger partial charge in [-0.05, 0) is 13.8 Å². The number of hydrogen-bond donors (Lipinski definition) is 1. The lowest BCUT2D eigenvalue weighted by Crippen LogP contribution is -2.32. The molecule has 0 aromatic rings. The SMILES string of the molecule is CCOC(=O)C(C)C(=O)NOP. The lowest BCUT2D eigenvalue weighted by atomic mass is 10.2. The zero-order valence-corrected chi connectivity index (χ0v) is 8.15. The van der Waals surface area contributed by atoms with E-state index in [0.717, 1.165) is 0 Å². The van der Waals surface area contributed by atoms with E-state index >= 15 is 0 Å². The second-order valence-electron chi connectivity index (χ2n) is 2.06. The Morgan fingerprint density at radius 3 is 2.58 bits per heavy atom. The van der Waals surface area contributed by atoms with Crippen molar-refractivity contribution in [1.29, 1.82) is 0 Å². The third-order valence-corrected chi connectivity index (χ3v) is 1.31. The normalized spacial score (nSPS) is 11.9. The van der Waals surface area contributed by atoms with Crippen LogP contribution in [0.5, 0.6) is 0 Å². The highest BCUT2D eigenvalue weighted by atomic mass is 31.0. The number of hydroxylamine groups is 1. The van der Waals surface area contributed by atoms with Crippen molar-refractivity contribution in [1.82, 2.24) is 5.48 Å². The van der Waals surface area contributed by atoms with Crippen molar-refractivity contribution in [3.63, 3.8) is 0 Å². The van der Waals surface area contributed by atoms with Gasteiger partial charge in [0.1, 0.15) is 5.92 Å². The first-order valence-corrected chi connectivity index (χ1v) is 3.92. The number of esters is 1. The molecule has 70 valence electrons. The second kappa shape index (κ2) is 5.91. The van der Waals surface area contributed by atoms with Gasteiger partial charge in [0.25, 0.3) is 5.91 Å². The summed E-state index contributed by atoms with van der Waals surface area (Å²) in [5.74, 6) is -1.92. The van der Waals surface area contributed by atoms with Crippen LogP contribution in [0.25, 0.3) is 0 Å². The van der Waals surface area contributed by atoms with E-state index in [9.17, 15) is 9.59 Å². The van der Waals surface area contributed by atoms with Crippen LogP contribution in [0, 0.1) is 5.92 Å². The Morgan fingerprint density at radius 1 is 1.58 bits per heavy atom. The largest absolute Gasteiger partial charge is 0.465 e. The molecule has 2 unspecified atom stereocenters. The van der Waals surface area contributed by atoms with Gasteiger partial charge in [-0.25, -0.2) is 5.48 Å². The molecule has 6 heteroatoms. The molecule has 2 atom stereocenters. The highest BCUT2D eigenvalue weighted by Gasteiger charge is 2.22. The van der Waals surface area contributed by atoms with E-state index in [0.29, 0.717) is 0 Å². The molecular weight excluding hydrogens is 181 g/mol. The molecule has 0 radical (unpaired) electrons. The van der Waals surface area contributed by atoms with Crippen molar-refractivity contribution in [3.05, 3.63) is 0 Å². The average molecular weight is 193 g/mol. The number of amides is 1. The van der Waals surface area contributed by atoms with Crippen LogP contribution < -0.4 is 5.48 Å². The Hall–Kier alpha value is -0.670. The van der Waals surface area contributed by atoms with E-state index < -0.39 is 17.8 Å². The average Bonchev–Trinajstić information content (AvgIpc) is 2.04. The molecule has 0 rings (SSSR count). The Kier molecular flexibility index (Phi) is 5.58. The molecule has 5 nitrogen and oxygen atoms in total. The molecule has 0 aliphatic heterocycles. The molecule has 1 N–H and O–H groups in total. The summed E-state index contributed by atoms with van der Waals surface area (Å²) < 4.78 is 8.87. The van der Waals surface area contributed by atoms with Crippen LogP contribution in [-0.4, -0.2) is 18.5 Å². The molecule has 12 heavy (non-hydrogen) atoms. The maximum atomic E-state index is 10.9. The van der Waals surface area contributed by atoms with Crippen LogP contribution in [0.2, 0.25) is 0 Å². The second-order valence-corrected chi connectivity index (χ2v) is 2.29. The van der Waals surface area contributed by atoms with Gasteiger partial charge in [-0.1, -0.05) is 0 Å². The van der Waals surface area contributed by atoms with E-state index in [4.69, 9.17) is 0 Å². The van der Waals surface area contributed by atoms with Crippen LogP contribution in [-0.2, 0) is 19.0 Å². The van der Waals surface area contributed by atoms with Gasteiger partial charge in [0.15, 0.2) is 0 Å². The summed E-state index contributed by atoms with van der Waals surface area (Å²) in [4.78, 5) is 21.8. The summed E-state index contributed by atoms with van der Waals surface area (Å²) in [5, 5.41) is 0. The fourth-order valence-electron chi connectivity index (χ4n) is 0.521. The van der Waals surface area contributed by atoms with Crippen LogP contribution in [0.4, 0.5) is 0 Å². The first kappa shape index (κ1) is 11.3. The summed E-state index contributed by atoms with van der Waals surface area (Å²) in [6, 6.07) is 0. The van der Waals surface area contributed by atoms with Crippen LogP contribution in [0.1, 0.15) is 13.8 Å². The Morgan fingerprint density at radius 2 is 2.17 bits per heavy atom. The van der Waals surface area contributed by atoms with Gasteiger partial charge in [0.2, 0.25) is 0 Å². The van der Waals surface area contributed by atoms with E-state index in [1.807, 2.05) is 14.9 Å². The molecule has 0 bridgehead atoms. The van der Waals surface area contributed by atoms with Crippen molar-refractivity contribution in [2.75, 3.05) is 6.61 Å². The van der Waals surface area contributed by atoms with Gasteiger partial charge in [-0.15, -0.1) is 0 Å². The molecule has 0 saturated heterocycles. The van der Waals surface area contributed by atoms with Crippen molar-refractivity contribution >= 4 is 21.3 Å². The monoisotopic (exact) mass is 193 g/mol. The number of rotatable bonds is 4. The molecule has 0 aliphatic rings. The standard InChI is InChI=1S/C6H12NO4P/c1-3-10-6(9)4(2)5(8)7-11-12/h4H,3,12H2,1-2H3,(H,7,8). The molecule has 0 aromatic heterocycles. The first-order valence-electron chi connectivity index (χ1n) is 3.45. The zero-order valence-electron chi connectivity index (χ0n) is 6.99. The Balaban J connectivity index is 3.91. The minimum Gasteiger partial charge on any atom is -0.465 e. The highest BCUT2D eigenvalue weighted by Crippen LogP contribution is 1.98. The van der Waals surface area contributed by atoms with Gasteiger partial charge < -0.3 is 4.74 Å². The van der Waals surface area contributed by atoms with Crippen molar-refractivity contribution in [2.24, 2.45) is 5.92 Å². The number of carbonyl (C=O) groups is 2. The predicted octanol–water partition coefficient (Wildman–Crippen LogP) is 0.0235. The predicted molar refractivity (Wildman–Crippen MR) is 44.7 cm³/mol. The molecular formula is C6H12NO4P. The van der Waals surface area contributed by atoms with Crippen molar-refractivity contribution in [3.8, 4) is 0 Å². The van der Waals surface area contributed by atoms with Gasteiger partial charge >= 0.3 is 5.97 Å². The fraction of sp³-hybridized carbons (Fsp3) is 0.667. The molecule has 0 spiro atoms. The third-order valence-electron chi connectivity index (χ3n) is 1.19. The van der Waals surface area contributed by atoms with Crippen LogP contribution in [0.3, 0.4) is 0 Å². The summed E-state index contributed by atoms with van der Waals surface area (Å²) in [6.07, 6.45) is 0. The topological polar surface area (TPSA) is 64.6 Å². The highest BCUT2D eigenvalue weighted by molar-refractivity contribution is 7.09.